The fraction of sp³-hybridized carbons (Fsp3) is 0.800. The van der Waals surface area contributed by atoms with Gasteiger partial charge in [-0.2, -0.15) is 0 Å². The van der Waals surface area contributed by atoms with Crippen molar-refractivity contribution in [3.63, 3.8) is 0 Å². The van der Waals surface area contributed by atoms with Crippen LogP contribution in [0.5, 0.6) is 0 Å². The Morgan fingerprint density at radius 1 is 1.44 bits per heavy atom. The molecule has 0 saturated carbocycles. The van der Waals surface area contributed by atoms with E-state index in [9.17, 15) is 18.0 Å². The molecule has 0 aromatic carbocycles. The molecule has 1 rings (SSSR count). The maximum atomic E-state index is 11.8. The summed E-state index contributed by atoms with van der Waals surface area (Å²) in [5, 5.41) is 11.3. The van der Waals surface area contributed by atoms with E-state index >= 15 is 0 Å². The van der Waals surface area contributed by atoms with E-state index in [2.05, 4.69) is 5.32 Å². The molecule has 1 atom stereocenters. The molecular weight excluding hydrogens is 260 g/mol. The van der Waals surface area contributed by atoms with E-state index in [0.29, 0.717) is 6.42 Å². The Bertz CT molecular complexity index is 447. The number of urea groups is 1. The summed E-state index contributed by atoms with van der Waals surface area (Å²) in [7, 11) is -3.10. The van der Waals surface area contributed by atoms with Crippen LogP contribution in [-0.4, -0.2) is 60.6 Å². The molecule has 2 N–H and O–H groups in total. The van der Waals surface area contributed by atoms with Crippen LogP contribution in [0.4, 0.5) is 4.79 Å². The minimum Gasteiger partial charge on any atom is -0.480 e. The van der Waals surface area contributed by atoms with Crippen LogP contribution in [0.15, 0.2) is 0 Å². The van der Waals surface area contributed by atoms with Crippen LogP contribution in [0, 0.1) is 0 Å². The van der Waals surface area contributed by atoms with Gasteiger partial charge in [-0.05, 0) is 20.3 Å². The molecule has 0 aliphatic carbocycles. The van der Waals surface area contributed by atoms with Crippen LogP contribution in [0.3, 0.4) is 0 Å². The average molecular weight is 278 g/mol. The van der Waals surface area contributed by atoms with E-state index in [1.165, 1.54) is 0 Å². The Balaban J connectivity index is 2.66. The number of carbonyl (C=O) groups excluding carboxylic acids is 1. The monoisotopic (exact) mass is 278 g/mol. The van der Waals surface area contributed by atoms with Gasteiger partial charge in [-0.25, -0.2) is 13.2 Å². The second-order valence-electron chi connectivity index (χ2n) is 4.74. The van der Waals surface area contributed by atoms with Crippen LogP contribution >= 0.6 is 0 Å². The first-order valence-electron chi connectivity index (χ1n) is 5.67. The van der Waals surface area contributed by atoms with Crippen LogP contribution < -0.4 is 5.32 Å². The molecule has 1 saturated heterocycles. The Hall–Kier alpha value is -1.31. The van der Waals surface area contributed by atoms with Gasteiger partial charge in [-0.3, -0.25) is 4.79 Å². The first-order chi connectivity index (χ1) is 8.17. The summed E-state index contributed by atoms with van der Waals surface area (Å²) in [6.45, 7) is 3.17. The van der Waals surface area contributed by atoms with Crippen molar-refractivity contribution in [1.29, 1.82) is 0 Å². The zero-order valence-corrected chi connectivity index (χ0v) is 11.3. The van der Waals surface area contributed by atoms with Gasteiger partial charge in [0.15, 0.2) is 9.84 Å². The second kappa shape index (κ2) is 5.13. The maximum Gasteiger partial charge on any atom is 0.323 e. The molecule has 2 amide bonds. The van der Waals surface area contributed by atoms with Gasteiger partial charge in [0.25, 0.3) is 0 Å². The third-order valence-corrected chi connectivity index (χ3v) is 4.81. The molecule has 0 spiro atoms. The highest BCUT2D eigenvalue weighted by atomic mass is 32.2. The largest absolute Gasteiger partial charge is 0.480 e. The smallest absolute Gasteiger partial charge is 0.323 e. The van der Waals surface area contributed by atoms with Crippen LogP contribution in [0.25, 0.3) is 0 Å². The highest BCUT2D eigenvalue weighted by Gasteiger charge is 2.40. The first-order valence-corrected chi connectivity index (χ1v) is 7.49. The zero-order chi connectivity index (χ0) is 14.0. The maximum absolute atomic E-state index is 11.8. The SMILES string of the molecule is CCN(CC(=O)O)C(=O)NC1(C)CCS(=O)(=O)C1. The molecule has 1 fully saturated rings. The number of carboxylic acids is 1. The summed E-state index contributed by atoms with van der Waals surface area (Å²) in [6, 6.07) is -0.542. The van der Waals surface area contributed by atoms with Gasteiger partial charge in [0, 0.05) is 6.54 Å². The number of likely N-dealkylation sites (N-methyl/N-ethyl adjacent to an activating group) is 1. The number of amides is 2. The number of carbonyl (C=O) groups is 2. The molecule has 0 bridgehead atoms. The minimum atomic E-state index is -3.10. The molecule has 0 aromatic rings. The van der Waals surface area contributed by atoms with E-state index in [1.54, 1.807) is 13.8 Å². The van der Waals surface area contributed by atoms with Crippen LogP contribution in [-0.2, 0) is 14.6 Å². The Morgan fingerprint density at radius 2 is 2.06 bits per heavy atom. The van der Waals surface area contributed by atoms with E-state index in [4.69, 9.17) is 5.11 Å². The standard InChI is InChI=1S/C10H18N2O5S/c1-3-12(6-8(13)14)9(15)11-10(2)4-5-18(16,17)7-10/h3-7H2,1-2H3,(H,11,15)(H,13,14). The number of rotatable bonds is 4. The lowest BCUT2D eigenvalue weighted by Crippen LogP contribution is -2.53. The first kappa shape index (κ1) is 14.7. The Kier molecular flexibility index (Phi) is 4.20. The van der Waals surface area contributed by atoms with E-state index in [-0.39, 0.29) is 18.1 Å². The van der Waals surface area contributed by atoms with Gasteiger partial charge < -0.3 is 15.3 Å². The molecular formula is C10H18N2O5S. The molecule has 0 aromatic heterocycles. The van der Waals surface area contributed by atoms with Gasteiger partial charge in [-0.1, -0.05) is 0 Å². The number of aliphatic carboxylic acids is 1. The number of hydrogen-bond donors (Lipinski definition) is 2. The molecule has 104 valence electrons. The summed E-state index contributed by atoms with van der Waals surface area (Å²) in [4.78, 5) is 23.5. The predicted molar refractivity (Wildman–Crippen MR) is 65.1 cm³/mol. The highest BCUT2D eigenvalue weighted by Crippen LogP contribution is 2.22. The van der Waals surface area contributed by atoms with Crippen molar-refractivity contribution in [1.82, 2.24) is 10.2 Å². The molecule has 8 heteroatoms. The van der Waals surface area contributed by atoms with E-state index < -0.39 is 33.9 Å². The lowest BCUT2D eigenvalue weighted by molar-refractivity contribution is -0.137. The summed E-state index contributed by atoms with van der Waals surface area (Å²) >= 11 is 0. The van der Waals surface area contributed by atoms with Crippen molar-refractivity contribution in [3.05, 3.63) is 0 Å². The van der Waals surface area contributed by atoms with Crippen molar-refractivity contribution in [2.75, 3.05) is 24.6 Å². The Labute approximate surface area is 106 Å². The summed E-state index contributed by atoms with van der Waals surface area (Å²) in [6.07, 6.45) is 0.353. The second-order valence-corrected chi connectivity index (χ2v) is 6.92. The van der Waals surface area contributed by atoms with Crippen molar-refractivity contribution in [2.24, 2.45) is 0 Å². The lowest BCUT2D eigenvalue weighted by Gasteiger charge is -2.28. The van der Waals surface area contributed by atoms with Crippen molar-refractivity contribution < 1.29 is 23.1 Å². The Morgan fingerprint density at radius 3 is 2.44 bits per heavy atom. The number of sulfone groups is 1. The fourth-order valence-electron chi connectivity index (χ4n) is 1.94. The van der Waals surface area contributed by atoms with Crippen molar-refractivity contribution in [3.8, 4) is 0 Å². The van der Waals surface area contributed by atoms with Crippen LogP contribution in [0.1, 0.15) is 20.3 Å². The third-order valence-electron chi connectivity index (χ3n) is 2.91. The van der Waals surface area contributed by atoms with Gasteiger partial charge >= 0.3 is 12.0 Å². The van der Waals surface area contributed by atoms with Crippen LogP contribution in [0.2, 0.25) is 0 Å². The minimum absolute atomic E-state index is 0.0504. The molecule has 0 radical (unpaired) electrons. The van der Waals surface area contributed by atoms with Gasteiger partial charge in [0.2, 0.25) is 0 Å². The molecule has 18 heavy (non-hydrogen) atoms. The zero-order valence-electron chi connectivity index (χ0n) is 10.5. The summed E-state index contributed by atoms with van der Waals surface area (Å²) in [5.41, 5.74) is -0.804. The summed E-state index contributed by atoms with van der Waals surface area (Å²) < 4.78 is 22.8. The summed E-state index contributed by atoms with van der Waals surface area (Å²) in [5.74, 6) is -1.15. The molecule has 7 nitrogen and oxygen atoms in total. The number of hydrogen-bond acceptors (Lipinski definition) is 4. The third kappa shape index (κ3) is 3.86. The predicted octanol–water partition coefficient (Wildman–Crippen LogP) is -0.320. The average Bonchev–Trinajstić information content (AvgIpc) is 2.48. The van der Waals surface area contributed by atoms with Gasteiger partial charge in [0.05, 0.1) is 17.0 Å². The molecule has 1 aliphatic rings. The lowest BCUT2D eigenvalue weighted by atomic mass is 10.0. The highest BCUT2D eigenvalue weighted by molar-refractivity contribution is 7.91. The molecule has 1 unspecified atom stereocenters. The van der Waals surface area contributed by atoms with Gasteiger partial charge in [0.1, 0.15) is 6.54 Å². The number of nitrogens with one attached hydrogen (secondary N) is 1. The molecule has 1 heterocycles. The number of nitrogens with zero attached hydrogens (tertiary/aromatic N) is 1. The number of carboxylic acid groups (broad SMARTS) is 1. The van der Waals surface area contributed by atoms with E-state index in [1.807, 2.05) is 0 Å². The normalized spacial score (nSPS) is 25.7. The van der Waals surface area contributed by atoms with Crippen molar-refractivity contribution >= 4 is 21.8 Å². The van der Waals surface area contributed by atoms with Crippen molar-refractivity contribution in [2.45, 2.75) is 25.8 Å². The van der Waals surface area contributed by atoms with Gasteiger partial charge in [-0.15, -0.1) is 0 Å². The van der Waals surface area contributed by atoms with E-state index in [0.717, 1.165) is 4.90 Å². The topological polar surface area (TPSA) is 104 Å². The molecule has 1 aliphatic heterocycles. The quantitative estimate of drug-likeness (QED) is 0.733. The fourth-order valence-corrected chi connectivity index (χ4v) is 4.03.